The van der Waals surface area contributed by atoms with Crippen LogP contribution in [0.15, 0.2) is 143 Å². The molecule has 0 amide bonds. The number of allylic oxidation sites excluding steroid dienone is 4. The first-order valence-corrected chi connectivity index (χ1v) is 16.9. The lowest BCUT2D eigenvalue weighted by atomic mass is 9.70. The van der Waals surface area contributed by atoms with Gasteiger partial charge in [-0.05, 0) is 99.8 Å². The van der Waals surface area contributed by atoms with E-state index in [-0.39, 0.29) is 10.8 Å². The van der Waals surface area contributed by atoms with Crippen molar-refractivity contribution in [2.45, 2.75) is 38.5 Å². The molecule has 3 aliphatic rings. The van der Waals surface area contributed by atoms with Crippen molar-refractivity contribution in [1.82, 2.24) is 0 Å². The molecule has 2 aliphatic carbocycles. The predicted molar refractivity (Wildman–Crippen MR) is 197 cm³/mol. The van der Waals surface area contributed by atoms with Crippen LogP contribution in [-0.4, -0.2) is 0 Å². The largest absolute Gasteiger partial charge is 0.453 e. The molecular formula is C46H34O2. The van der Waals surface area contributed by atoms with Gasteiger partial charge in [0.1, 0.15) is 11.3 Å². The molecule has 2 heterocycles. The molecular weight excluding hydrogens is 585 g/mol. The number of para-hydroxylation sites is 1. The van der Waals surface area contributed by atoms with Crippen molar-refractivity contribution in [1.29, 1.82) is 0 Å². The van der Waals surface area contributed by atoms with E-state index >= 15 is 0 Å². The summed E-state index contributed by atoms with van der Waals surface area (Å²) in [5.41, 5.74) is 16.5. The minimum Gasteiger partial charge on any atom is -0.453 e. The van der Waals surface area contributed by atoms with E-state index in [0.717, 1.165) is 39.0 Å². The summed E-state index contributed by atoms with van der Waals surface area (Å²) >= 11 is 0. The van der Waals surface area contributed by atoms with Gasteiger partial charge in [-0.1, -0.05) is 117 Å². The highest BCUT2D eigenvalue weighted by Gasteiger charge is 2.53. The predicted octanol–water partition coefficient (Wildman–Crippen LogP) is 12.4. The van der Waals surface area contributed by atoms with E-state index in [1.807, 2.05) is 12.1 Å². The van der Waals surface area contributed by atoms with Gasteiger partial charge < -0.3 is 9.15 Å². The fourth-order valence-corrected chi connectivity index (χ4v) is 9.16. The van der Waals surface area contributed by atoms with Gasteiger partial charge >= 0.3 is 0 Å². The molecule has 0 bridgehead atoms. The smallest absolute Gasteiger partial charge is 0.178 e. The standard InChI is InChI=1S/C46H34O2/c1-5-29-32-21-19-27(25-39(32)46(35(29)6-2)36-16-10-7-13-30(36)31-14-8-11-17-37(31)46)28-20-24-42-40(26-28)45(3,4)38-23-22-34-33-15-9-12-18-41(33)47-43(34)44(38)48-42/h5-26H,1-4H3/b29-5-,35-6+. The van der Waals surface area contributed by atoms with Crippen molar-refractivity contribution in [3.8, 4) is 33.8 Å². The van der Waals surface area contributed by atoms with Crippen molar-refractivity contribution in [3.63, 3.8) is 0 Å². The van der Waals surface area contributed by atoms with Gasteiger partial charge in [0, 0.05) is 27.3 Å². The number of rotatable bonds is 1. The number of furan rings is 1. The van der Waals surface area contributed by atoms with Crippen molar-refractivity contribution in [2.24, 2.45) is 0 Å². The fraction of sp³-hybridized carbons (Fsp3) is 0.130. The second-order valence-corrected chi connectivity index (χ2v) is 13.9. The lowest BCUT2D eigenvalue weighted by molar-refractivity contribution is 0.415. The van der Waals surface area contributed by atoms with E-state index < -0.39 is 0 Å². The molecule has 10 rings (SSSR count). The molecule has 1 aliphatic heterocycles. The molecule has 0 saturated carbocycles. The molecule has 0 N–H and O–H groups in total. The van der Waals surface area contributed by atoms with Crippen LogP contribution in [0, 0.1) is 0 Å². The highest BCUT2D eigenvalue weighted by atomic mass is 16.5. The third-order valence-corrected chi connectivity index (χ3v) is 11.3. The van der Waals surface area contributed by atoms with Crippen LogP contribution in [0.3, 0.4) is 0 Å². The van der Waals surface area contributed by atoms with Crippen LogP contribution in [0.5, 0.6) is 11.5 Å². The Bertz CT molecular complexity index is 2540. The van der Waals surface area contributed by atoms with Gasteiger partial charge in [-0.25, -0.2) is 0 Å². The summed E-state index contributed by atoms with van der Waals surface area (Å²) < 4.78 is 13.1. The molecule has 2 heteroatoms. The summed E-state index contributed by atoms with van der Waals surface area (Å²) in [4.78, 5) is 0. The Hall–Kier alpha value is -5.60. The molecule has 0 atom stereocenters. The fourth-order valence-electron chi connectivity index (χ4n) is 9.16. The average Bonchev–Trinajstić information content (AvgIpc) is 3.75. The molecule has 1 aromatic heterocycles. The van der Waals surface area contributed by atoms with Gasteiger partial charge in [0.25, 0.3) is 0 Å². The lowest BCUT2D eigenvalue weighted by Gasteiger charge is -2.35. The maximum Gasteiger partial charge on any atom is 0.178 e. The Morgan fingerprint density at radius 2 is 1.21 bits per heavy atom. The Kier molecular flexibility index (Phi) is 5.44. The zero-order valence-corrected chi connectivity index (χ0v) is 27.5. The van der Waals surface area contributed by atoms with Crippen LogP contribution in [0.1, 0.15) is 61.1 Å². The van der Waals surface area contributed by atoms with E-state index in [4.69, 9.17) is 9.15 Å². The highest BCUT2D eigenvalue weighted by molar-refractivity contribution is 6.07. The molecule has 6 aromatic carbocycles. The Morgan fingerprint density at radius 1 is 0.542 bits per heavy atom. The molecule has 0 fully saturated rings. The quantitative estimate of drug-likeness (QED) is 0.183. The first-order chi connectivity index (χ1) is 23.5. The summed E-state index contributed by atoms with van der Waals surface area (Å²) in [5, 5.41) is 2.20. The monoisotopic (exact) mass is 618 g/mol. The third-order valence-electron chi connectivity index (χ3n) is 11.3. The van der Waals surface area contributed by atoms with Gasteiger partial charge in [-0.15, -0.1) is 0 Å². The molecule has 2 nitrogen and oxygen atoms in total. The zero-order chi connectivity index (χ0) is 32.4. The minimum atomic E-state index is -0.359. The molecule has 0 unspecified atom stereocenters. The molecule has 1 spiro atoms. The van der Waals surface area contributed by atoms with Crippen LogP contribution < -0.4 is 4.74 Å². The maximum atomic E-state index is 6.72. The van der Waals surface area contributed by atoms with Gasteiger partial charge in [-0.2, -0.15) is 0 Å². The van der Waals surface area contributed by atoms with E-state index in [9.17, 15) is 0 Å². The normalized spacial score (nSPS) is 17.8. The number of fused-ring (bicyclic) bond motifs is 13. The summed E-state index contributed by atoms with van der Waals surface area (Å²) in [6, 6.07) is 44.4. The first kappa shape index (κ1) is 27.5. The van der Waals surface area contributed by atoms with Crippen LogP contribution in [-0.2, 0) is 10.8 Å². The highest BCUT2D eigenvalue weighted by Crippen LogP contribution is 2.64. The molecule has 230 valence electrons. The summed E-state index contributed by atoms with van der Waals surface area (Å²) in [6.07, 6.45) is 4.63. The summed E-state index contributed by atoms with van der Waals surface area (Å²) in [6.45, 7) is 8.96. The molecule has 0 saturated heterocycles. The van der Waals surface area contributed by atoms with Crippen LogP contribution in [0.2, 0.25) is 0 Å². The van der Waals surface area contributed by atoms with Crippen LogP contribution >= 0.6 is 0 Å². The van der Waals surface area contributed by atoms with Gasteiger partial charge in [0.2, 0.25) is 0 Å². The Balaban J connectivity index is 1.16. The summed E-state index contributed by atoms with van der Waals surface area (Å²) in [5.74, 6) is 1.71. The topological polar surface area (TPSA) is 22.4 Å². The van der Waals surface area contributed by atoms with Crippen molar-refractivity contribution in [3.05, 3.63) is 172 Å². The molecule has 7 aromatic rings. The van der Waals surface area contributed by atoms with Crippen molar-refractivity contribution < 1.29 is 9.15 Å². The van der Waals surface area contributed by atoms with Crippen LogP contribution in [0.25, 0.3) is 49.8 Å². The summed E-state index contributed by atoms with van der Waals surface area (Å²) in [7, 11) is 0. The number of ether oxygens (including phenoxy) is 1. The molecule has 0 radical (unpaired) electrons. The van der Waals surface area contributed by atoms with Crippen LogP contribution in [0.4, 0.5) is 0 Å². The maximum absolute atomic E-state index is 6.72. The van der Waals surface area contributed by atoms with Gasteiger partial charge in [0.15, 0.2) is 11.3 Å². The third kappa shape index (κ3) is 3.27. The first-order valence-electron chi connectivity index (χ1n) is 16.9. The average molecular weight is 619 g/mol. The van der Waals surface area contributed by atoms with Crippen molar-refractivity contribution in [2.75, 3.05) is 0 Å². The minimum absolute atomic E-state index is 0.288. The second kappa shape index (κ2) is 9.49. The van der Waals surface area contributed by atoms with E-state index in [2.05, 4.69) is 149 Å². The van der Waals surface area contributed by atoms with E-state index in [0.29, 0.717) is 0 Å². The van der Waals surface area contributed by atoms with E-state index in [1.54, 1.807) is 0 Å². The number of benzene rings is 6. The number of hydrogen-bond acceptors (Lipinski definition) is 2. The van der Waals surface area contributed by atoms with Crippen molar-refractivity contribution >= 4 is 27.5 Å². The zero-order valence-electron chi connectivity index (χ0n) is 27.5. The Labute approximate surface area is 280 Å². The lowest BCUT2D eigenvalue weighted by Crippen LogP contribution is -2.26. The van der Waals surface area contributed by atoms with Gasteiger partial charge in [0.05, 0.1) is 5.41 Å². The van der Waals surface area contributed by atoms with E-state index in [1.165, 1.54) is 61.2 Å². The number of hydrogen-bond donors (Lipinski definition) is 0. The SMILES string of the molecule is C/C=C1\C(=C/C)C2(c3cc(-c4ccc5c(c4)C(C)(C)c4ccc6c(oc7ccccc76)c4O5)ccc31)c1ccccc1-c1ccccc12. The Morgan fingerprint density at radius 3 is 1.94 bits per heavy atom. The van der Waals surface area contributed by atoms with Gasteiger partial charge in [-0.3, -0.25) is 0 Å². The molecule has 48 heavy (non-hydrogen) atoms. The second-order valence-electron chi connectivity index (χ2n) is 13.9.